The van der Waals surface area contributed by atoms with Gasteiger partial charge >= 0.3 is 5.69 Å². The summed E-state index contributed by atoms with van der Waals surface area (Å²) in [6.45, 7) is 4.15. The van der Waals surface area contributed by atoms with Gasteiger partial charge in [0.05, 0.1) is 18.6 Å². The summed E-state index contributed by atoms with van der Waals surface area (Å²) in [6, 6.07) is 7.23. The van der Waals surface area contributed by atoms with Crippen LogP contribution >= 0.6 is 0 Å². The Labute approximate surface area is 122 Å². The molecule has 0 amide bonds. The number of hydrogen-bond donors (Lipinski definition) is 0. The molecule has 1 aromatic carbocycles. The Balaban J connectivity index is 1.97. The van der Waals surface area contributed by atoms with Gasteiger partial charge in [-0.15, -0.1) is 0 Å². The monoisotopic (exact) mass is 291 g/mol. The quantitative estimate of drug-likeness (QED) is 0.603. The van der Waals surface area contributed by atoms with Crippen LogP contribution in [-0.2, 0) is 6.54 Å². The molecule has 0 saturated heterocycles. The van der Waals surface area contributed by atoms with Crippen LogP contribution in [0.3, 0.4) is 0 Å². The number of aryl methyl sites for hydroxylation is 1. The minimum atomic E-state index is -0.404. The lowest BCUT2D eigenvalue weighted by molar-refractivity contribution is -0.386. The minimum absolute atomic E-state index is 0.0689. The summed E-state index contributed by atoms with van der Waals surface area (Å²) in [4.78, 5) is 10.5. The molecule has 2 aromatic rings. The van der Waals surface area contributed by atoms with Crippen molar-refractivity contribution in [2.75, 3.05) is 13.7 Å². The fourth-order valence-corrected chi connectivity index (χ4v) is 2.09. The minimum Gasteiger partial charge on any atom is -0.497 e. The number of methoxy groups -OCH3 is 1. The summed E-state index contributed by atoms with van der Waals surface area (Å²) >= 11 is 0. The van der Waals surface area contributed by atoms with Crippen LogP contribution in [0, 0.1) is 24.0 Å². The summed E-state index contributed by atoms with van der Waals surface area (Å²) in [7, 11) is 1.60. The van der Waals surface area contributed by atoms with Crippen molar-refractivity contribution in [3.05, 3.63) is 45.8 Å². The molecule has 1 aromatic heterocycles. The highest BCUT2D eigenvalue weighted by molar-refractivity contribution is 5.39. The molecule has 0 unspecified atom stereocenters. The van der Waals surface area contributed by atoms with Crippen LogP contribution < -0.4 is 9.47 Å². The van der Waals surface area contributed by atoms with Gasteiger partial charge in [-0.3, -0.25) is 14.8 Å². The summed E-state index contributed by atoms with van der Waals surface area (Å²) in [5, 5.41) is 15.1. The highest BCUT2D eigenvalue weighted by Gasteiger charge is 2.21. The van der Waals surface area contributed by atoms with Crippen LogP contribution in [0.25, 0.3) is 0 Å². The van der Waals surface area contributed by atoms with Crippen molar-refractivity contribution in [1.29, 1.82) is 0 Å². The molecule has 0 aliphatic rings. The van der Waals surface area contributed by atoms with E-state index in [1.807, 2.05) is 24.3 Å². The standard InChI is InChI=1S/C14H17N3O4/c1-10-14(17(18)19)11(2)16(15-10)8-9-21-13-6-4-12(20-3)5-7-13/h4-7H,8-9H2,1-3H3. The van der Waals surface area contributed by atoms with Crippen LogP contribution in [0.15, 0.2) is 24.3 Å². The summed E-state index contributed by atoms with van der Waals surface area (Å²) in [5.74, 6) is 1.48. The topological polar surface area (TPSA) is 79.4 Å². The Bertz CT molecular complexity index is 634. The van der Waals surface area contributed by atoms with Crippen molar-refractivity contribution in [3.63, 3.8) is 0 Å². The lowest BCUT2D eigenvalue weighted by Crippen LogP contribution is -2.11. The Hall–Kier alpha value is -2.57. The number of benzene rings is 1. The SMILES string of the molecule is COc1ccc(OCCn2nc(C)c([N+](=O)[O-])c2C)cc1. The molecular formula is C14H17N3O4. The van der Waals surface area contributed by atoms with Gasteiger partial charge in [0.1, 0.15) is 29.5 Å². The molecule has 1 heterocycles. The molecule has 2 rings (SSSR count). The van der Waals surface area contributed by atoms with Gasteiger partial charge in [-0.05, 0) is 38.1 Å². The van der Waals surface area contributed by atoms with Crippen LogP contribution in [0.5, 0.6) is 11.5 Å². The Morgan fingerprint density at radius 3 is 2.38 bits per heavy atom. The van der Waals surface area contributed by atoms with Gasteiger partial charge in [-0.25, -0.2) is 0 Å². The third kappa shape index (κ3) is 3.31. The normalized spacial score (nSPS) is 10.4. The van der Waals surface area contributed by atoms with Gasteiger partial charge < -0.3 is 9.47 Å². The molecule has 0 aliphatic heterocycles. The molecule has 21 heavy (non-hydrogen) atoms. The van der Waals surface area contributed by atoms with E-state index in [4.69, 9.17) is 9.47 Å². The Morgan fingerprint density at radius 2 is 1.86 bits per heavy atom. The number of aromatic nitrogens is 2. The summed E-state index contributed by atoms with van der Waals surface area (Å²) < 4.78 is 12.2. The summed E-state index contributed by atoms with van der Waals surface area (Å²) in [6.07, 6.45) is 0. The van der Waals surface area contributed by atoms with E-state index in [2.05, 4.69) is 5.10 Å². The molecular weight excluding hydrogens is 274 g/mol. The van der Waals surface area contributed by atoms with E-state index >= 15 is 0 Å². The molecule has 0 saturated carbocycles. The second-order valence-electron chi connectivity index (χ2n) is 4.52. The third-order valence-corrected chi connectivity index (χ3v) is 3.16. The molecule has 7 nitrogen and oxygen atoms in total. The molecule has 0 aliphatic carbocycles. The number of rotatable bonds is 6. The first kappa shape index (κ1) is 14.8. The average Bonchev–Trinajstić information content (AvgIpc) is 2.74. The van der Waals surface area contributed by atoms with E-state index in [1.54, 1.807) is 25.6 Å². The lowest BCUT2D eigenvalue weighted by Gasteiger charge is -2.08. The van der Waals surface area contributed by atoms with Crippen LogP contribution in [0.4, 0.5) is 5.69 Å². The zero-order valence-electron chi connectivity index (χ0n) is 12.2. The van der Waals surface area contributed by atoms with E-state index in [0.717, 1.165) is 5.75 Å². The molecule has 0 spiro atoms. The molecule has 0 radical (unpaired) electrons. The fourth-order valence-electron chi connectivity index (χ4n) is 2.09. The zero-order chi connectivity index (χ0) is 15.4. The lowest BCUT2D eigenvalue weighted by atomic mass is 10.3. The van der Waals surface area contributed by atoms with E-state index < -0.39 is 4.92 Å². The molecule has 0 N–H and O–H groups in total. The first-order chi connectivity index (χ1) is 10.0. The number of ether oxygens (including phenoxy) is 2. The van der Waals surface area contributed by atoms with Gasteiger partial charge in [0.2, 0.25) is 0 Å². The molecule has 0 atom stereocenters. The fraction of sp³-hybridized carbons (Fsp3) is 0.357. The van der Waals surface area contributed by atoms with Gasteiger partial charge in [0.15, 0.2) is 0 Å². The van der Waals surface area contributed by atoms with Gasteiger partial charge in [0.25, 0.3) is 0 Å². The van der Waals surface area contributed by atoms with E-state index in [9.17, 15) is 10.1 Å². The van der Waals surface area contributed by atoms with Crippen LogP contribution in [-0.4, -0.2) is 28.4 Å². The number of nitro groups is 1. The van der Waals surface area contributed by atoms with Gasteiger partial charge in [-0.2, -0.15) is 5.10 Å². The summed E-state index contributed by atoms with van der Waals surface area (Å²) in [5.41, 5.74) is 1.03. The maximum absolute atomic E-state index is 10.9. The second kappa shape index (κ2) is 6.25. The zero-order valence-corrected chi connectivity index (χ0v) is 12.2. The maximum Gasteiger partial charge on any atom is 0.312 e. The second-order valence-corrected chi connectivity index (χ2v) is 4.52. The van der Waals surface area contributed by atoms with Crippen molar-refractivity contribution in [3.8, 4) is 11.5 Å². The molecule has 112 valence electrons. The Kier molecular flexibility index (Phi) is 4.42. The smallest absolute Gasteiger partial charge is 0.312 e. The highest BCUT2D eigenvalue weighted by atomic mass is 16.6. The first-order valence-corrected chi connectivity index (χ1v) is 6.48. The Morgan fingerprint density at radius 1 is 1.24 bits per heavy atom. The van der Waals surface area contributed by atoms with Gasteiger partial charge in [-0.1, -0.05) is 0 Å². The van der Waals surface area contributed by atoms with Crippen LogP contribution in [0.1, 0.15) is 11.4 Å². The predicted octanol–water partition coefficient (Wildman–Crippen LogP) is 2.50. The van der Waals surface area contributed by atoms with E-state index in [0.29, 0.717) is 30.3 Å². The van der Waals surface area contributed by atoms with Crippen molar-refractivity contribution in [2.45, 2.75) is 20.4 Å². The molecule has 7 heteroatoms. The van der Waals surface area contributed by atoms with Crippen molar-refractivity contribution in [1.82, 2.24) is 9.78 Å². The number of nitrogens with zero attached hydrogens (tertiary/aromatic N) is 3. The van der Waals surface area contributed by atoms with Gasteiger partial charge in [0, 0.05) is 0 Å². The molecule has 0 fully saturated rings. The molecule has 0 bridgehead atoms. The average molecular weight is 291 g/mol. The van der Waals surface area contributed by atoms with Crippen LogP contribution in [0.2, 0.25) is 0 Å². The third-order valence-electron chi connectivity index (χ3n) is 3.16. The predicted molar refractivity (Wildman–Crippen MR) is 76.8 cm³/mol. The number of hydrogen-bond acceptors (Lipinski definition) is 5. The highest BCUT2D eigenvalue weighted by Crippen LogP contribution is 2.22. The largest absolute Gasteiger partial charge is 0.497 e. The van der Waals surface area contributed by atoms with Crippen molar-refractivity contribution < 1.29 is 14.4 Å². The van der Waals surface area contributed by atoms with E-state index in [-0.39, 0.29) is 5.69 Å². The van der Waals surface area contributed by atoms with Crippen molar-refractivity contribution in [2.24, 2.45) is 0 Å². The van der Waals surface area contributed by atoms with E-state index in [1.165, 1.54) is 0 Å². The first-order valence-electron chi connectivity index (χ1n) is 6.48. The van der Waals surface area contributed by atoms with Crippen molar-refractivity contribution >= 4 is 5.69 Å². The maximum atomic E-state index is 10.9.